The number of hydrogen-bond donors (Lipinski definition) is 2. The molecule has 0 bridgehead atoms. The Morgan fingerprint density at radius 2 is 1.97 bits per heavy atom. The molecule has 2 amide bonds. The highest BCUT2D eigenvalue weighted by atomic mass is 32.2. The standard InChI is InChI=1S/C21H16N4O8S2/c26-16(9-14-2-1-7-34-14)22-17-19(27)23-18(21(28)29)12(10-35-20(17)23)4-3-11-5-6-13(24(30)31)8-15(11)25(32)33/h1-8,17,20H,9-10H2,(H,22,26)(H,28,29)/b4-3+/t17?,20-/m1/s1. The van der Waals surface area contributed by atoms with Crippen molar-refractivity contribution in [3.63, 3.8) is 0 Å². The SMILES string of the molecule is O=C(Cc1cccs1)NC1C(=O)N2C(C(=O)O)=C(/C=C/c3ccc([N+](=O)[O-])cc3[N+](=O)[O-])CS[C@H]12. The van der Waals surface area contributed by atoms with Gasteiger partial charge in [-0.25, -0.2) is 4.79 Å². The van der Waals surface area contributed by atoms with E-state index in [0.717, 1.165) is 21.9 Å². The van der Waals surface area contributed by atoms with Crippen LogP contribution in [0.2, 0.25) is 0 Å². The predicted octanol–water partition coefficient (Wildman–Crippen LogP) is 2.56. The molecule has 4 rings (SSSR count). The third-order valence-electron chi connectivity index (χ3n) is 5.32. The number of benzene rings is 1. The maximum Gasteiger partial charge on any atom is 0.352 e. The van der Waals surface area contributed by atoms with E-state index in [1.54, 1.807) is 6.07 Å². The molecule has 180 valence electrons. The van der Waals surface area contributed by atoms with Crippen LogP contribution < -0.4 is 5.32 Å². The van der Waals surface area contributed by atoms with Crippen LogP contribution in [-0.2, 0) is 20.8 Å². The molecule has 14 heteroatoms. The molecule has 1 aromatic heterocycles. The maximum absolute atomic E-state index is 12.7. The molecule has 35 heavy (non-hydrogen) atoms. The second-order valence-electron chi connectivity index (χ2n) is 7.48. The van der Waals surface area contributed by atoms with Crippen molar-refractivity contribution >= 4 is 58.3 Å². The minimum Gasteiger partial charge on any atom is -0.477 e. The number of fused-ring (bicyclic) bond motifs is 1. The van der Waals surface area contributed by atoms with Crippen LogP contribution in [-0.4, -0.2) is 54.8 Å². The number of carbonyl (C=O) groups is 3. The number of carboxylic acid groups (broad SMARTS) is 1. The Morgan fingerprint density at radius 1 is 1.20 bits per heavy atom. The number of nitro groups is 2. The van der Waals surface area contributed by atoms with Crippen molar-refractivity contribution in [3.8, 4) is 0 Å². The number of amides is 2. The summed E-state index contributed by atoms with van der Waals surface area (Å²) in [5.74, 6) is -2.09. The topological polar surface area (TPSA) is 173 Å². The number of nitrogens with one attached hydrogen (secondary N) is 1. The zero-order valence-corrected chi connectivity index (χ0v) is 19.3. The zero-order chi connectivity index (χ0) is 25.3. The molecule has 1 saturated heterocycles. The first-order valence-corrected chi connectivity index (χ1v) is 11.9. The number of nitro benzene ring substituents is 2. The van der Waals surface area contributed by atoms with Crippen LogP contribution in [0.3, 0.4) is 0 Å². The van der Waals surface area contributed by atoms with Gasteiger partial charge >= 0.3 is 5.97 Å². The summed E-state index contributed by atoms with van der Waals surface area (Å²) in [4.78, 5) is 59.7. The van der Waals surface area contributed by atoms with Crippen molar-refractivity contribution in [2.24, 2.45) is 0 Å². The van der Waals surface area contributed by atoms with Crippen molar-refractivity contribution in [1.82, 2.24) is 10.2 Å². The summed E-state index contributed by atoms with van der Waals surface area (Å²) < 4.78 is 0. The third-order valence-corrected chi connectivity index (χ3v) is 7.50. The number of β-lactam (4-membered cyclic amide) rings is 1. The summed E-state index contributed by atoms with van der Waals surface area (Å²) in [6, 6.07) is 5.87. The van der Waals surface area contributed by atoms with Gasteiger partial charge in [0.15, 0.2) is 0 Å². The number of allylic oxidation sites excluding steroid dienone is 1. The molecule has 1 unspecified atom stereocenters. The predicted molar refractivity (Wildman–Crippen MR) is 126 cm³/mol. The summed E-state index contributed by atoms with van der Waals surface area (Å²) in [5, 5.41) is 35.9. The van der Waals surface area contributed by atoms with E-state index in [-0.39, 0.29) is 34.9 Å². The fraction of sp³-hybridized carbons (Fsp3) is 0.190. The van der Waals surface area contributed by atoms with Gasteiger partial charge in [0.25, 0.3) is 17.3 Å². The summed E-state index contributed by atoms with van der Waals surface area (Å²) in [6.45, 7) is 0. The van der Waals surface area contributed by atoms with Gasteiger partial charge in [-0.3, -0.25) is 34.7 Å². The van der Waals surface area contributed by atoms with E-state index in [9.17, 15) is 39.7 Å². The molecule has 2 aromatic rings. The second kappa shape index (κ2) is 9.68. The lowest BCUT2D eigenvalue weighted by Gasteiger charge is -2.49. The molecular formula is C21H16N4O8S2. The van der Waals surface area contributed by atoms with Gasteiger partial charge in [-0.15, -0.1) is 23.1 Å². The van der Waals surface area contributed by atoms with Crippen LogP contribution in [0.5, 0.6) is 0 Å². The van der Waals surface area contributed by atoms with E-state index in [4.69, 9.17) is 0 Å². The quantitative estimate of drug-likeness (QED) is 0.304. The number of carbonyl (C=O) groups excluding carboxylic acids is 2. The minimum atomic E-state index is -1.36. The average Bonchev–Trinajstić information content (AvgIpc) is 3.33. The van der Waals surface area contributed by atoms with Crippen LogP contribution in [0, 0.1) is 20.2 Å². The van der Waals surface area contributed by atoms with Gasteiger partial charge in [0.2, 0.25) is 5.91 Å². The fourth-order valence-corrected chi connectivity index (χ4v) is 5.72. The van der Waals surface area contributed by atoms with Gasteiger partial charge in [0, 0.05) is 16.7 Å². The van der Waals surface area contributed by atoms with Crippen molar-refractivity contribution in [2.45, 2.75) is 17.8 Å². The van der Waals surface area contributed by atoms with Gasteiger partial charge in [-0.1, -0.05) is 12.1 Å². The van der Waals surface area contributed by atoms with Crippen LogP contribution >= 0.6 is 23.1 Å². The van der Waals surface area contributed by atoms with Crippen LogP contribution in [0.25, 0.3) is 6.08 Å². The van der Waals surface area contributed by atoms with E-state index >= 15 is 0 Å². The fourth-order valence-electron chi connectivity index (χ4n) is 3.70. The van der Waals surface area contributed by atoms with E-state index in [1.807, 2.05) is 11.4 Å². The Morgan fingerprint density at radius 3 is 2.60 bits per heavy atom. The third kappa shape index (κ3) is 4.79. The highest BCUT2D eigenvalue weighted by Crippen LogP contribution is 2.41. The number of rotatable bonds is 8. The smallest absolute Gasteiger partial charge is 0.352 e. The van der Waals surface area contributed by atoms with Crippen LogP contribution in [0.15, 0.2) is 53.1 Å². The zero-order valence-electron chi connectivity index (χ0n) is 17.7. The molecule has 0 saturated carbocycles. The average molecular weight is 517 g/mol. The van der Waals surface area contributed by atoms with E-state index in [0.29, 0.717) is 0 Å². The van der Waals surface area contributed by atoms with E-state index < -0.39 is 44.5 Å². The minimum absolute atomic E-state index is 0.0404. The molecule has 2 aliphatic heterocycles. The van der Waals surface area contributed by atoms with Gasteiger partial charge < -0.3 is 10.4 Å². The highest BCUT2D eigenvalue weighted by molar-refractivity contribution is 8.00. The van der Waals surface area contributed by atoms with Crippen LogP contribution in [0.4, 0.5) is 11.4 Å². The monoisotopic (exact) mass is 516 g/mol. The molecule has 3 heterocycles. The van der Waals surface area contributed by atoms with Gasteiger partial charge in [-0.2, -0.15) is 0 Å². The summed E-state index contributed by atoms with van der Waals surface area (Å²) in [5.41, 5.74) is -0.957. The first-order chi connectivity index (χ1) is 16.7. The molecule has 0 aliphatic carbocycles. The lowest BCUT2D eigenvalue weighted by molar-refractivity contribution is -0.394. The molecule has 2 N–H and O–H groups in total. The number of hydrogen-bond acceptors (Lipinski definition) is 9. The van der Waals surface area contributed by atoms with Crippen molar-refractivity contribution in [1.29, 1.82) is 0 Å². The number of nitrogens with zero attached hydrogens (tertiary/aromatic N) is 3. The van der Waals surface area contributed by atoms with E-state index in [1.165, 1.54) is 41.3 Å². The normalized spacial score (nSPS) is 19.3. The van der Waals surface area contributed by atoms with Crippen molar-refractivity contribution < 1.29 is 29.3 Å². The highest BCUT2D eigenvalue weighted by Gasteiger charge is 2.53. The Bertz CT molecular complexity index is 1300. The molecule has 0 spiro atoms. The van der Waals surface area contributed by atoms with Gasteiger partial charge in [-0.05, 0) is 29.2 Å². The second-order valence-corrected chi connectivity index (χ2v) is 9.62. The molecular weight excluding hydrogens is 500 g/mol. The Hall–Kier alpha value is -4.04. The lowest BCUT2D eigenvalue weighted by Crippen LogP contribution is -2.70. The Balaban J connectivity index is 1.55. The maximum atomic E-state index is 12.7. The van der Waals surface area contributed by atoms with Gasteiger partial charge in [0.1, 0.15) is 17.1 Å². The number of non-ortho nitro benzene ring substituents is 1. The number of aliphatic carboxylic acids is 1. The largest absolute Gasteiger partial charge is 0.477 e. The van der Waals surface area contributed by atoms with Gasteiger partial charge in [0.05, 0.1) is 27.9 Å². The molecule has 2 atom stereocenters. The number of carboxylic acids is 1. The van der Waals surface area contributed by atoms with Crippen LogP contribution in [0.1, 0.15) is 10.4 Å². The summed E-state index contributed by atoms with van der Waals surface area (Å²) in [7, 11) is 0. The Labute approximate surface area is 205 Å². The molecule has 1 aromatic carbocycles. The van der Waals surface area contributed by atoms with Crippen molar-refractivity contribution in [2.75, 3.05) is 5.75 Å². The first kappa shape index (κ1) is 24.1. The number of thiophene rings is 1. The molecule has 12 nitrogen and oxygen atoms in total. The molecule has 1 fully saturated rings. The summed E-state index contributed by atoms with van der Waals surface area (Å²) >= 11 is 2.66. The van der Waals surface area contributed by atoms with E-state index in [2.05, 4.69) is 5.32 Å². The lowest BCUT2D eigenvalue weighted by atomic mass is 10.0. The van der Waals surface area contributed by atoms with Crippen molar-refractivity contribution in [3.05, 3.63) is 83.7 Å². The molecule has 0 radical (unpaired) electrons. The molecule has 2 aliphatic rings. The number of thioether (sulfide) groups is 1. The first-order valence-electron chi connectivity index (χ1n) is 10.0. The Kier molecular flexibility index (Phi) is 6.66. The summed E-state index contributed by atoms with van der Waals surface area (Å²) in [6.07, 6.45) is 2.74.